The van der Waals surface area contributed by atoms with E-state index in [4.69, 9.17) is 10.5 Å². The Balaban J connectivity index is 2.05. The van der Waals surface area contributed by atoms with E-state index in [9.17, 15) is 9.90 Å². The second kappa shape index (κ2) is 5.98. The molecular weight excluding hydrogens is 282 g/mol. The van der Waals surface area contributed by atoms with Crippen LogP contribution < -0.4 is 5.73 Å². The average Bonchev–Trinajstić information content (AvgIpc) is 2.81. The summed E-state index contributed by atoms with van der Waals surface area (Å²) in [5, 5.41) is 11.1. The third-order valence-corrected chi connectivity index (χ3v) is 4.88. The molecule has 2 unspecified atom stereocenters. The second-order valence-corrected chi connectivity index (χ2v) is 7.81. The van der Waals surface area contributed by atoms with Crippen molar-refractivity contribution in [2.24, 2.45) is 5.73 Å². The monoisotopic (exact) mass is 313 g/mol. The fourth-order valence-corrected chi connectivity index (χ4v) is 3.51. The summed E-state index contributed by atoms with van der Waals surface area (Å²) >= 11 is 0. The van der Waals surface area contributed by atoms with Gasteiger partial charge in [0.1, 0.15) is 11.2 Å². The van der Waals surface area contributed by atoms with Gasteiger partial charge in [-0.05, 0) is 53.1 Å². The van der Waals surface area contributed by atoms with Crippen LogP contribution in [0.4, 0.5) is 4.79 Å². The predicted octanol–water partition coefficient (Wildman–Crippen LogP) is 1.17. The van der Waals surface area contributed by atoms with Crippen LogP contribution in [0.25, 0.3) is 0 Å². The van der Waals surface area contributed by atoms with Gasteiger partial charge in [-0.2, -0.15) is 0 Å². The first kappa shape index (κ1) is 17.5. The molecule has 0 aromatic rings. The SMILES string of the molecule is CCN1CCCC(N)(C2(O)CCN(C(=O)OC(C)(C)C)C2)C1. The minimum absolute atomic E-state index is 0.260. The van der Waals surface area contributed by atoms with Crippen LogP contribution in [0.2, 0.25) is 0 Å². The number of likely N-dealkylation sites (tertiary alicyclic amines) is 2. The van der Waals surface area contributed by atoms with Crippen molar-refractivity contribution in [3.8, 4) is 0 Å². The molecule has 6 heteroatoms. The van der Waals surface area contributed by atoms with E-state index in [0.29, 0.717) is 19.5 Å². The zero-order valence-corrected chi connectivity index (χ0v) is 14.4. The van der Waals surface area contributed by atoms with Crippen LogP contribution in [-0.2, 0) is 4.74 Å². The molecule has 2 atom stereocenters. The summed E-state index contributed by atoms with van der Waals surface area (Å²) in [5.41, 5.74) is 4.37. The normalized spacial score (nSPS) is 34.0. The number of piperidine rings is 1. The lowest BCUT2D eigenvalue weighted by atomic mass is 9.74. The molecule has 2 saturated heterocycles. The van der Waals surface area contributed by atoms with Crippen LogP contribution in [0.15, 0.2) is 0 Å². The number of carbonyl (C=O) groups is 1. The van der Waals surface area contributed by atoms with Gasteiger partial charge < -0.3 is 25.4 Å². The number of hydrogen-bond acceptors (Lipinski definition) is 5. The molecule has 0 radical (unpaired) electrons. The molecule has 0 aromatic carbocycles. The molecule has 0 bridgehead atoms. The fourth-order valence-electron chi connectivity index (χ4n) is 3.51. The van der Waals surface area contributed by atoms with Gasteiger partial charge in [0.25, 0.3) is 0 Å². The molecule has 2 rings (SSSR count). The maximum absolute atomic E-state index is 12.2. The first-order chi connectivity index (χ1) is 10.1. The highest BCUT2D eigenvalue weighted by Crippen LogP contribution is 2.37. The second-order valence-electron chi connectivity index (χ2n) is 7.81. The molecule has 0 saturated carbocycles. The van der Waals surface area contributed by atoms with E-state index in [1.54, 1.807) is 4.90 Å². The topological polar surface area (TPSA) is 79.0 Å². The Hall–Kier alpha value is -0.850. The van der Waals surface area contributed by atoms with Gasteiger partial charge in [0, 0.05) is 13.1 Å². The maximum atomic E-state index is 12.2. The fraction of sp³-hybridized carbons (Fsp3) is 0.938. The van der Waals surface area contributed by atoms with Crippen molar-refractivity contribution in [3.05, 3.63) is 0 Å². The molecule has 128 valence electrons. The van der Waals surface area contributed by atoms with Gasteiger partial charge in [-0.3, -0.25) is 0 Å². The summed E-state index contributed by atoms with van der Waals surface area (Å²) in [6, 6.07) is 0. The number of nitrogens with zero attached hydrogens (tertiary/aromatic N) is 2. The summed E-state index contributed by atoms with van der Waals surface area (Å²) in [6.45, 7) is 11.0. The minimum atomic E-state index is -1.03. The highest BCUT2D eigenvalue weighted by Gasteiger charge is 2.54. The zero-order chi connectivity index (χ0) is 16.6. The molecule has 2 heterocycles. The Morgan fingerprint density at radius 3 is 2.55 bits per heavy atom. The van der Waals surface area contributed by atoms with Crippen LogP contribution >= 0.6 is 0 Å². The van der Waals surface area contributed by atoms with Crippen LogP contribution in [0.1, 0.15) is 47.0 Å². The number of likely N-dealkylation sites (N-methyl/N-ethyl adjacent to an activating group) is 1. The molecule has 6 nitrogen and oxygen atoms in total. The van der Waals surface area contributed by atoms with Gasteiger partial charge in [0.05, 0.1) is 12.1 Å². The van der Waals surface area contributed by atoms with Crippen molar-refractivity contribution in [1.29, 1.82) is 0 Å². The number of nitrogens with two attached hydrogens (primary N) is 1. The first-order valence-corrected chi connectivity index (χ1v) is 8.30. The number of rotatable bonds is 2. The number of ether oxygens (including phenoxy) is 1. The standard InChI is InChI=1S/C16H31N3O3/c1-5-18-9-6-7-15(17,11-18)16(21)8-10-19(12-16)13(20)22-14(2,3)4/h21H,5-12,17H2,1-4H3. The van der Waals surface area contributed by atoms with Gasteiger partial charge in [0.15, 0.2) is 0 Å². The quantitative estimate of drug-likeness (QED) is 0.800. The molecule has 1 amide bonds. The Kier molecular flexibility index (Phi) is 4.76. The van der Waals surface area contributed by atoms with Crippen LogP contribution in [0, 0.1) is 0 Å². The molecule has 0 aromatic heterocycles. The number of β-amino-alcohol motifs (C(OH)–C–C–N with tert-alkyl or cyclic N) is 1. The first-order valence-electron chi connectivity index (χ1n) is 8.30. The van der Waals surface area contributed by atoms with Crippen molar-refractivity contribution in [3.63, 3.8) is 0 Å². The Bertz CT molecular complexity index is 423. The molecule has 22 heavy (non-hydrogen) atoms. The molecule has 2 fully saturated rings. The molecular formula is C16H31N3O3. The van der Waals surface area contributed by atoms with Crippen molar-refractivity contribution >= 4 is 6.09 Å². The summed E-state index contributed by atoms with van der Waals surface area (Å²) in [5.74, 6) is 0. The third-order valence-electron chi connectivity index (χ3n) is 4.88. The Morgan fingerprint density at radius 1 is 1.27 bits per heavy atom. The van der Waals surface area contributed by atoms with Gasteiger partial charge in [-0.1, -0.05) is 6.92 Å². The lowest BCUT2D eigenvalue weighted by molar-refractivity contribution is -0.0582. The zero-order valence-electron chi connectivity index (χ0n) is 14.4. The number of aliphatic hydroxyl groups is 1. The van der Waals surface area contributed by atoms with E-state index in [1.165, 1.54) is 0 Å². The Labute approximate surface area is 133 Å². The van der Waals surface area contributed by atoms with E-state index in [2.05, 4.69) is 11.8 Å². The minimum Gasteiger partial charge on any atom is -0.444 e. The van der Waals surface area contributed by atoms with Gasteiger partial charge in [-0.15, -0.1) is 0 Å². The van der Waals surface area contributed by atoms with Gasteiger partial charge in [-0.25, -0.2) is 4.79 Å². The number of carbonyl (C=O) groups excluding carboxylic acids is 1. The maximum Gasteiger partial charge on any atom is 0.410 e. The van der Waals surface area contributed by atoms with E-state index in [-0.39, 0.29) is 12.6 Å². The van der Waals surface area contributed by atoms with Crippen molar-refractivity contribution in [1.82, 2.24) is 9.80 Å². The largest absolute Gasteiger partial charge is 0.444 e. The lowest BCUT2D eigenvalue weighted by Crippen LogP contribution is -2.68. The number of hydrogen-bond donors (Lipinski definition) is 2. The molecule has 0 spiro atoms. The lowest BCUT2D eigenvalue weighted by Gasteiger charge is -2.48. The third kappa shape index (κ3) is 3.55. The molecule has 2 aliphatic rings. The molecule has 0 aliphatic carbocycles. The molecule has 2 aliphatic heterocycles. The average molecular weight is 313 g/mol. The summed E-state index contributed by atoms with van der Waals surface area (Å²) in [7, 11) is 0. The van der Waals surface area contributed by atoms with Crippen molar-refractivity contribution < 1.29 is 14.6 Å². The van der Waals surface area contributed by atoms with Crippen LogP contribution in [0.5, 0.6) is 0 Å². The van der Waals surface area contributed by atoms with E-state index in [0.717, 1.165) is 25.9 Å². The Morgan fingerprint density at radius 2 is 1.95 bits per heavy atom. The van der Waals surface area contributed by atoms with E-state index >= 15 is 0 Å². The highest BCUT2D eigenvalue weighted by molar-refractivity contribution is 5.68. The molecule has 3 N–H and O–H groups in total. The van der Waals surface area contributed by atoms with Gasteiger partial charge in [0.2, 0.25) is 0 Å². The predicted molar refractivity (Wildman–Crippen MR) is 85.6 cm³/mol. The highest BCUT2D eigenvalue weighted by atomic mass is 16.6. The van der Waals surface area contributed by atoms with Crippen LogP contribution in [-0.4, -0.2) is 70.5 Å². The van der Waals surface area contributed by atoms with Gasteiger partial charge >= 0.3 is 6.09 Å². The summed E-state index contributed by atoms with van der Waals surface area (Å²) in [4.78, 5) is 16.1. The van der Waals surface area contributed by atoms with E-state index < -0.39 is 16.7 Å². The summed E-state index contributed by atoms with van der Waals surface area (Å²) in [6.07, 6.45) is 1.93. The van der Waals surface area contributed by atoms with Crippen molar-refractivity contribution in [2.75, 3.05) is 32.7 Å². The van der Waals surface area contributed by atoms with E-state index in [1.807, 2.05) is 20.8 Å². The van der Waals surface area contributed by atoms with Crippen molar-refractivity contribution in [2.45, 2.75) is 63.7 Å². The number of amides is 1. The van der Waals surface area contributed by atoms with Crippen LogP contribution in [0.3, 0.4) is 0 Å². The summed E-state index contributed by atoms with van der Waals surface area (Å²) < 4.78 is 5.40. The smallest absolute Gasteiger partial charge is 0.410 e.